The van der Waals surface area contributed by atoms with E-state index in [1.165, 1.54) is 0 Å². The van der Waals surface area contributed by atoms with Crippen molar-refractivity contribution in [2.24, 2.45) is 11.8 Å². The van der Waals surface area contributed by atoms with Crippen LogP contribution in [0.5, 0.6) is 0 Å². The Bertz CT molecular complexity index is 270. The van der Waals surface area contributed by atoms with Crippen LogP contribution in [0, 0.1) is 11.8 Å². The molecule has 3 atom stereocenters. The molecule has 0 aromatic carbocycles. The molecule has 0 spiro atoms. The third-order valence-corrected chi connectivity index (χ3v) is 3.38. The molecule has 1 saturated carbocycles. The van der Waals surface area contributed by atoms with Crippen molar-refractivity contribution in [2.75, 3.05) is 13.1 Å². The highest BCUT2D eigenvalue weighted by molar-refractivity contribution is 5.68. The Morgan fingerprint density at radius 1 is 1.25 bits per heavy atom. The Morgan fingerprint density at radius 3 is 2.19 bits per heavy atom. The monoisotopic (exact) mass is 227 g/mol. The summed E-state index contributed by atoms with van der Waals surface area (Å²) < 4.78 is 5.34. The minimum atomic E-state index is -0.422. The van der Waals surface area contributed by atoms with Gasteiger partial charge in [0.2, 0.25) is 0 Å². The zero-order chi connectivity index (χ0) is 11.9. The van der Waals surface area contributed by atoms with E-state index in [9.17, 15) is 9.90 Å². The number of aliphatic hydroxyl groups is 1. The smallest absolute Gasteiger partial charge is 0.410 e. The van der Waals surface area contributed by atoms with Crippen molar-refractivity contribution in [1.82, 2.24) is 4.90 Å². The Morgan fingerprint density at radius 2 is 1.75 bits per heavy atom. The van der Waals surface area contributed by atoms with E-state index in [4.69, 9.17) is 4.74 Å². The Labute approximate surface area is 96.6 Å². The lowest BCUT2D eigenvalue weighted by molar-refractivity contribution is 0.0269. The van der Waals surface area contributed by atoms with Crippen LogP contribution >= 0.6 is 0 Å². The highest BCUT2D eigenvalue weighted by Crippen LogP contribution is 2.38. The fourth-order valence-corrected chi connectivity index (χ4v) is 2.74. The van der Waals surface area contributed by atoms with Crippen LogP contribution < -0.4 is 0 Å². The number of aliphatic hydroxyl groups excluding tert-OH is 1. The number of likely N-dealkylation sites (tertiary alicyclic amines) is 1. The fraction of sp³-hybridized carbons (Fsp3) is 0.917. The van der Waals surface area contributed by atoms with Crippen LogP contribution in [0.15, 0.2) is 0 Å². The summed E-state index contributed by atoms with van der Waals surface area (Å²) in [7, 11) is 0. The highest BCUT2D eigenvalue weighted by Gasteiger charge is 2.42. The summed E-state index contributed by atoms with van der Waals surface area (Å²) in [6.07, 6.45) is 1.31. The van der Waals surface area contributed by atoms with E-state index in [2.05, 4.69) is 0 Å². The second-order valence-corrected chi connectivity index (χ2v) is 6.03. The summed E-state index contributed by atoms with van der Waals surface area (Å²) in [5, 5.41) is 9.51. The van der Waals surface area contributed by atoms with Crippen LogP contribution in [0.3, 0.4) is 0 Å². The van der Waals surface area contributed by atoms with E-state index in [1.54, 1.807) is 4.90 Å². The van der Waals surface area contributed by atoms with Crippen molar-refractivity contribution in [3.05, 3.63) is 0 Å². The van der Waals surface area contributed by atoms with Gasteiger partial charge >= 0.3 is 6.09 Å². The Hall–Kier alpha value is -0.770. The van der Waals surface area contributed by atoms with Gasteiger partial charge in [-0.2, -0.15) is 0 Å². The quantitative estimate of drug-likeness (QED) is 0.684. The molecule has 2 rings (SSSR count). The van der Waals surface area contributed by atoms with Gasteiger partial charge in [-0.15, -0.1) is 0 Å². The second-order valence-electron chi connectivity index (χ2n) is 6.03. The van der Waals surface area contributed by atoms with Crippen LogP contribution in [-0.2, 0) is 4.74 Å². The highest BCUT2D eigenvalue weighted by atomic mass is 16.6. The number of ether oxygens (including phenoxy) is 1. The molecule has 1 amide bonds. The van der Waals surface area contributed by atoms with E-state index in [0.29, 0.717) is 11.8 Å². The average Bonchev–Trinajstić information content (AvgIpc) is 2.56. The second kappa shape index (κ2) is 3.91. The number of rotatable bonds is 0. The molecule has 92 valence electrons. The van der Waals surface area contributed by atoms with Crippen LogP contribution in [0.1, 0.15) is 33.6 Å². The number of carbonyl (C=O) groups excluding carboxylic acids is 1. The normalized spacial score (nSPS) is 34.0. The Kier molecular flexibility index (Phi) is 2.86. The standard InChI is InChI=1S/C12H21NO3/c1-12(2,3)16-11(15)13-6-8-4-10(14)5-9(8)7-13/h8-10,14H,4-7H2,1-3H3/t8-,9?,10-/m1/s1. The van der Waals surface area contributed by atoms with Crippen molar-refractivity contribution < 1.29 is 14.6 Å². The van der Waals surface area contributed by atoms with Gasteiger partial charge in [-0.25, -0.2) is 4.79 Å². The van der Waals surface area contributed by atoms with Gasteiger partial charge in [0, 0.05) is 13.1 Å². The van der Waals surface area contributed by atoms with Crippen molar-refractivity contribution in [1.29, 1.82) is 0 Å². The van der Waals surface area contributed by atoms with Gasteiger partial charge in [0.15, 0.2) is 0 Å². The first-order valence-electron chi connectivity index (χ1n) is 6.01. The summed E-state index contributed by atoms with van der Waals surface area (Å²) in [5.74, 6) is 0.949. The maximum atomic E-state index is 11.8. The van der Waals surface area contributed by atoms with Crippen LogP contribution in [-0.4, -0.2) is 40.9 Å². The summed E-state index contributed by atoms with van der Waals surface area (Å²) in [4.78, 5) is 13.6. The molecule has 2 fully saturated rings. The van der Waals surface area contributed by atoms with Crippen LogP contribution in [0.25, 0.3) is 0 Å². The molecular formula is C12H21NO3. The molecular weight excluding hydrogens is 206 g/mol. The molecule has 0 radical (unpaired) electrons. The fourth-order valence-electron chi connectivity index (χ4n) is 2.74. The van der Waals surface area contributed by atoms with E-state index < -0.39 is 5.60 Å². The van der Waals surface area contributed by atoms with Gasteiger partial charge < -0.3 is 14.7 Å². The minimum absolute atomic E-state index is 0.157. The third-order valence-electron chi connectivity index (χ3n) is 3.38. The molecule has 1 unspecified atom stereocenters. The number of fused-ring (bicyclic) bond motifs is 1. The van der Waals surface area contributed by atoms with Gasteiger partial charge in [0.25, 0.3) is 0 Å². The molecule has 4 heteroatoms. The zero-order valence-electron chi connectivity index (χ0n) is 10.3. The molecule has 1 N–H and O–H groups in total. The van der Waals surface area contributed by atoms with Crippen LogP contribution in [0.4, 0.5) is 4.79 Å². The van der Waals surface area contributed by atoms with Crippen molar-refractivity contribution in [2.45, 2.75) is 45.3 Å². The summed E-state index contributed by atoms with van der Waals surface area (Å²) in [5.41, 5.74) is -0.422. The third kappa shape index (κ3) is 2.48. The van der Waals surface area contributed by atoms with Gasteiger partial charge in [-0.1, -0.05) is 0 Å². The van der Waals surface area contributed by atoms with Gasteiger partial charge in [-0.3, -0.25) is 0 Å². The van der Waals surface area contributed by atoms with E-state index in [-0.39, 0.29) is 12.2 Å². The van der Waals surface area contributed by atoms with Crippen molar-refractivity contribution in [3.8, 4) is 0 Å². The number of nitrogens with zero attached hydrogens (tertiary/aromatic N) is 1. The Balaban J connectivity index is 1.88. The van der Waals surface area contributed by atoms with Crippen molar-refractivity contribution in [3.63, 3.8) is 0 Å². The van der Waals surface area contributed by atoms with Crippen molar-refractivity contribution >= 4 is 6.09 Å². The molecule has 0 aromatic rings. The maximum Gasteiger partial charge on any atom is 0.410 e. The first-order chi connectivity index (χ1) is 7.35. The topological polar surface area (TPSA) is 49.8 Å². The minimum Gasteiger partial charge on any atom is -0.444 e. The summed E-state index contributed by atoms with van der Waals surface area (Å²) in [6, 6.07) is 0. The summed E-state index contributed by atoms with van der Waals surface area (Å²) in [6.45, 7) is 7.13. The molecule has 16 heavy (non-hydrogen) atoms. The summed E-state index contributed by atoms with van der Waals surface area (Å²) >= 11 is 0. The van der Waals surface area contributed by atoms with E-state index >= 15 is 0 Å². The lowest BCUT2D eigenvalue weighted by Crippen LogP contribution is -2.36. The molecule has 1 aliphatic heterocycles. The largest absolute Gasteiger partial charge is 0.444 e. The van der Waals surface area contributed by atoms with E-state index in [0.717, 1.165) is 25.9 Å². The molecule has 1 heterocycles. The lowest BCUT2D eigenvalue weighted by atomic mass is 10.0. The molecule has 0 bridgehead atoms. The molecule has 2 aliphatic rings. The predicted molar refractivity (Wildman–Crippen MR) is 60.0 cm³/mol. The van der Waals surface area contributed by atoms with Gasteiger partial charge in [0.05, 0.1) is 6.10 Å². The average molecular weight is 227 g/mol. The lowest BCUT2D eigenvalue weighted by Gasteiger charge is -2.25. The first kappa shape index (κ1) is 11.7. The number of hydrogen-bond donors (Lipinski definition) is 1. The van der Waals surface area contributed by atoms with Gasteiger partial charge in [0.1, 0.15) is 5.60 Å². The molecule has 0 aromatic heterocycles. The number of hydrogen-bond acceptors (Lipinski definition) is 3. The SMILES string of the molecule is CC(C)(C)OC(=O)N1CC2C[C@H](O)C[C@@H]2C1. The van der Waals surface area contributed by atoms with Gasteiger partial charge in [-0.05, 0) is 45.4 Å². The van der Waals surface area contributed by atoms with Crippen LogP contribution in [0.2, 0.25) is 0 Å². The predicted octanol–water partition coefficient (Wildman–Crippen LogP) is 1.62. The molecule has 1 saturated heterocycles. The number of amides is 1. The zero-order valence-corrected chi connectivity index (χ0v) is 10.3. The molecule has 1 aliphatic carbocycles. The first-order valence-corrected chi connectivity index (χ1v) is 6.01. The van der Waals surface area contributed by atoms with E-state index in [1.807, 2.05) is 20.8 Å². The molecule has 4 nitrogen and oxygen atoms in total. The maximum absolute atomic E-state index is 11.8. The number of carbonyl (C=O) groups is 1.